The average Bonchev–Trinajstić information content (AvgIpc) is 2.70. The fraction of sp³-hybridized carbons (Fsp3) is 0.182. The molecule has 1 heterocycles. The number of hydrogen-bond donors (Lipinski definition) is 0. The molecule has 1 aromatic heterocycles. The van der Waals surface area contributed by atoms with E-state index in [0.717, 1.165) is 22.7 Å². The molecule has 0 unspecified atom stereocenters. The maximum Gasteiger partial charge on any atom is 0.0929 e. The van der Waals surface area contributed by atoms with Crippen molar-refractivity contribution in [3.8, 4) is 11.3 Å². The van der Waals surface area contributed by atoms with Crippen molar-refractivity contribution >= 4 is 34.5 Å². The first-order valence-corrected chi connectivity index (χ1v) is 6.24. The monoisotopic (exact) mass is 257 g/mol. The average molecular weight is 258 g/mol. The van der Waals surface area contributed by atoms with Crippen LogP contribution in [-0.2, 0) is 6.42 Å². The second-order valence-electron chi connectivity index (χ2n) is 3.10. The molecule has 4 heteroatoms. The summed E-state index contributed by atoms with van der Waals surface area (Å²) in [7, 11) is 0. The lowest BCUT2D eigenvalue weighted by Crippen LogP contribution is -1.82. The number of rotatable bonds is 2. The first kappa shape index (κ1) is 10.9. The van der Waals surface area contributed by atoms with Gasteiger partial charge < -0.3 is 0 Å². The van der Waals surface area contributed by atoms with E-state index in [9.17, 15) is 0 Å². The minimum Gasteiger partial charge on any atom is -0.241 e. The topological polar surface area (TPSA) is 12.9 Å². The molecule has 0 saturated carbocycles. The zero-order chi connectivity index (χ0) is 10.8. The summed E-state index contributed by atoms with van der Waals surface area (Å²) < 4.78 is 0. The molecule has 0 atom stereocenters. The van der Waals surface area contributed by atoms with Gasteiger partial charge in [0.25, 0.3) is 0 Å². The normalized spacial score (nSPS) is 10.6. The maximum absolute atomic E-state index is 6.09. The van der Waals surface area contributed by atoms with E-state index in [4.69, 9.17) is 23.2 Å². The van der Waals surface area contributed by atoms with Crippen molar-refractivity contribution in [3.05, 3.63) is 38.6 Å². The first-order valence-electron chi connectivity index (χ1n) is 4.60. The molecule has 0 radical (unpaired) electrons. The van der Waals surface area contributed by atoms with Crippen LogP contribution in [0.1, 0.15) is 11.9 Å². The molecule has 0 spiro atoms. The lowest BCUT2D eigenvalue weighted by molar-refractivity contribution is 1.10. The highest BCUT2D eigenvalue weighted by Crippen LogP contribution is 2.31. The quantitative estimate of drug-likeness (QED) is 0.762. The van der Waals surface area contributed by atoms with Gasteiger partial charge >= 0.3 is 0 Å². The molecular formula is C11H9Cl2NS. The van der Waals surface area contributed by atoms with E-state index in [2.05, 4.69) is 11.9 Å². The Morgan fingerprint density at radius 1 is 1.33 bits per heavy atom. The first-order chi connectivity index (χ1) is 7.20. The second-order valence-corrected chi connectivity index (χ2v) is 4.89. The number of hydrogen-bond acceptors (Lipinski definition) is 2. The van der Waals surface area contributed by atoms with Crippen LogP contribution in [0.5, 0.6) is 0 Å². The number of benzene rings is 1. The Morgan fingerprint density at radius 3 is 2.80 bits per heavy atom. The molecule has 1 nitrogen and oxygen atoms in total. The third kappa shape index (κ3) is 2.33. The van der Waals surface area contributed by atoms with Crippen LogP contribution < -0.4 is 0 Å². The minimum absolute atomic E-state index is 0.681. The number of nitrogens with zero attached hydrogens (tertiary/aromatic N) is 1. The molecule has 0 aliphatic carbocycles. The van der Waals surface area contributed by atoms with Gasteiger partial charge in [-0.25, -0.2) is 4.98 Å². The van der Waals surface area contributed by atoms with Crippen LogP contribution in [0.15, 0.2) is 23.6 Å². The Kier molecular flexibility index (Phi) is 3.29. The maximum atomic E-state index is 6.09. The van der Waals surface area contributed by atoms with E-state index in [-0.39, 0.29) is 0 Å². The summed E-state index contributed by atoms with van der Waals surface area (Å²) >= 11 is 13.7. The summed E-state index contributed by atoms with van der Waals surface area (Å²) in [5, 5.41) is 4.49. The fourth-order valence-electron chi connectivity index (χ4n) is 1.29. The van der Waals surface area contributed by atoms with Gasteiger partial charge in [0.2, 0.25) is 0 Å². The summed E-state index contributed by atoms with van der Waals surface area (Å²) in [6.07, 6.45) is 0.947. The van der Waals surface area contributed by atoms with Crippen LogP contribution in [0.2, 0.25) is 10.0 Å². The third-order valence-electron chi connectivity index (χ3n) is 2.06. The van der Waals surface area contributed by atoms with Crippen LogP contribution in [0.3, 0.4) is 0 Å². The van der Waals surface area contributed by atoms with E-state index in [1.807, 2.05) is 11.4 Å². The molecular weight excluding hydrogens is 249 g/mol. The fourth-order valence-corrected chi connectivity index (χ4v) is 2.42. The van der Waals surface area contributed by atoms with Crippen molar-refractivity contribution in [2.45, 2.75) is 13.3 Å². The van der Waals surface area contributed by atoms with E-state index >= 15 is 0 Å². The molecule has 78 valence electrons. The summed E-state index contributed by atoms with van der Waals surface area (Å²) in [4.78, 5) is 4.48. The van der Waals surface area contributed by atoms with Gasteiger partial charge in [0.15, 0.2) is 0 Å². The zero-order valence-electron chi connectivity index (χ0n) is 8.13. The van der Waals surface area contributed by atoms with Gasteiger partial charge in [-0.15, -0.1) is 11.3 Å². The van der Waals surface area contributed by atoms with Gasteiger partial charge in [-0.3, -0.25) is 0 Å². The van der Waals surface area contributed by atoms with Crippen molar-refractivity contribution in [1.82, 2.24) is 4.98 Å². The Hall–Kier alpha value is -0.570. The Morgan fingerprint density at radius 2 is 2.13 bits per heavy atom. The second kappa shape index (κ2) is 4.52. The molecule has 0 saturated heterocycles. The van der Waals surface area contributed by atoms with Crippen LogP contribution in [-0.4, -0.2) is 4.98 Å². The zero-order valence-corrected chi connectivity index (χ0v) is 10.5. The van der Waals surface area contributed by atoms with Crippen molar-refractivity contribution in [3.63, 3.8) is 0 Å². The van der Waals surface area contributed by atoms with Gasteiger partial charge in [-0.05, 0) is 24.6 Å². The van der Waals surface area contributed by atoms with Gasteiger partial charge in [0, 0.05) is 16.0 Å². The van der Waals surface area contributed by atoms with Crippen molar-refractivity contribution < 1.29 is 0 Å². The summed E-state index contributed by atoms with van der Waals surface area (Å²) in [5.41, 5.74) is 1.81. The molecule has 2 rings (SSSR count). The van der Waals surface area contributed by atoms with Crippen LogP contribution in [0, 0.1) is 0 Å². The van der Waals surface area contributed by atoms with Crippen LogP contribution >= 0.6 is 34.5 Å². The highest BCUT2D eigenvalue weighted by Gasteiger charge is 2.07. The van der Waals surface area contributed by atoms with Gasteiger partial charge in [0.1, 0.15) is 0 Å². The summed E-state index contributed by atoms with van der Waals surface area (Å²) in [6.45, 7) is 2.09. The van der Waals surface area contributed by atoms with Crippen LogP contribution in [0.25, 0.3) is 11.3 Å². The highest BCUT2D eigenvalue weighted by molar-refractivity contribution is 7.09. The molecule has 0 N–H and O–H groups in total. The molecule has 2 aromatic rings. The third-order valence-corrected chi connectivity index (χ3v) is 3.62. The van der Waals surface area contributed by atoms with Crippen molar-refractivity contribution in [2.75, 3.05) is 0 Å². The van der Waals surface area contributed by atoms with Crippen LogP contribution in [0.4, 0.5) is 0 Å². The Bertz CT molecular complexity index is 479. The summed E-state index contributed by atoms with van der Waals surface area (Å²) in [6, 6.07) is 5.42. The smallest absolute Gasteiger partial charge is 0.0929 e. The van der Waals surface area contributed by atoms with Gasteiger partial charge in [-0.2, -0.15) is 0 Å². The lowest BCUT2D eigenvalue weighted by Gasteiger charge is -2.00. The summed E-state index contributed by atoms with van der Waals surface area (Å²) in [5.74, 6) is 0. The molecule has 0 aliphatic heterocycles. The Labute approximate surface area is 103 Å². The highest BCUT2D eigenvalue weighted by atomic mass is 35.5. The SMILES string of the molecule is CCc1nc(-c2cc(Cl)ccc2Cl)cs1. The van der Waals surface area contributed by atoms with Gasteiger partial charge in [0.05, 0.1) is 15.7 Å². The predicted octanol–water partition coefficient (Wildman–Crippen LogP) is 4.68. The standard InChI is InChI=1S/C11H9Cl2NS/c1-2-11-14-10(6-15-11)8-5-7(12)3-4-9(8)13/h3-6H,2H2,1H3. The molecule has 0 bridgehead atoms. The molecule has 15 heavy (non-hydrogen) atoms. The lowest BCUT2D eigenvalue weighted by atomic mass is 10.2. The number of aromatic nitrogens is 1. The van der Waals surface area contributed by atoms with E-state index in [1.54, 1.807) is 23.5 Å². The molecule has 0 aliphatic rings. The number of halogens is 2. The van der Waals surface area contributed by atoms with E-state index in [0.29, 0.717) is 10.0 Å². The number of thiazole rings is 1. The number of aryl methyl sites for hydroxylation is 1. The largest absolute Gasteiger partial charge is 0.241 e. The minimum atomic E-state index is 0.681. The van der Waals surface area contributed by atoms with E-state index in [1.165, 1.54) is 0 Å². The molecule has 1 aromatic carbocycles. The predicted molar refractivity (Wildman–Crippen MR) is 66.9 cm³/mol. The molecule has 0 amide bonds. The van der Waals surface area contributed by atoms with E-state index < -0.39 is 0 Å². The molecule has 0 fully saturated rings. The van der Waals surface area contributed by atoms with Gasteiger partial charge in [-0.1, -0.05) is 30.1 Å². The Balaban J connectivity index is 2.48. The van der Waals surface area contributed by atoms with Crippen molar-refractivity contribution in [2.24, 2.45) is 0 Å². The van der Waals surface area contributed by atoms with Crippen molar-refractivity contribution in [1.29, 1.82) is 0 Å².